The lowest BCUT2D eigenvalue weighted by Crippen LogP contribution is -2.30. The number of rotatable bonds is 10. The second-order valence-electron chi connectivity index (χ2n) is 6.58. The molecule has 0 aromatic heterocycles. The first-order chi connectivity index (χ1) is 13.5. The number of amides is 1. The van der Waals surface area contributed by atoms with Crippen LogP contribution in [0.1, 0.15) is 49.4 Å². The highest BCUT2D eigenvalue weighted by molar-refractivity contribution is 5.94. The molecule has 1 aromatic carbocycles. The van der Waals surface area contributed by atoms with E-state index < -0.39 is 5.97 Å². The molecule has 0 saturated heterocycles. The van der Waals surface area contributed by atoms with E-state index in [2.05, 4.69) is 11.4 Å². The standard InChI is InChI=1S/C21H27NO6/c1-15(23)17-8-9-18(19(12-17)26-2)27-14-21(25)28-13-20(24)22-11-10-16-6-4-3-5-7-16/h6,8-9,12H,3-5,7,10-11,13-14H2,1-2H3,(H,22,24). The van der Waals surface area contributed by atoms with Crippen LogP contribution in [-0.4, -0.2) is 44.5 Å². The summed E-state index contributed by atoms with van der Waals surface area (Å²) >= 11 is 0. The molecule has 1 amide bonds. The summed E-state index contributed by atoms with van der Waals surface area (Å²) in [5.74, 6) is -0.448. The van der Waals surface area contributed by atoms with Crippen molar-refractivity contribution in [1.82, 2.24) is 5.32 Å². The Morgan fingerprint density at radius 2 is 1.93 bits per heavy atom. The van der Waals surface area contributed by atoms with Crippen molar-refractivity contribution in [3.05, 3.63) is 35.4 Å². The molecule has 0 saturated carbocycles. The molecule has 28 heavy (non-hydrogen) atoms. The second-order valence-corrected chi connectivity index (χ2v) is 6.58. The summed E-state index contributed by atoms with van der Waals surface area (Å²) in [5.41, 5.74) is 1.86. The Hall–Kier alpha value is -2.83. The molecule has 1 aliphatic rings. The quantitative estimate of drug-likeness (QED) is 0.376. The van der Waals surface area contributed by atoms with E-state index in [-0.39, 0.29) is 24.9 Å². The van der Waals surface area contributed by atoms with Gasteiger partial charge in [-0.2, -0.15) is 0 Å². The molecule has 7 nitrogen and oxygen atoms in total. The van der Waals surface area contributed by atoms with Crippen LogP contribution in [0.4, 0.5) is 0 Å². The predicted octanol–water partition coefficient (Wildman–Crippen LogP) is 2.83. The molecule has 0 unspecified atom stereocenters. The largest absolute Gasteiger partial charge is 0.493 e. The van der Waals surface area contributed by atoms with E-state index in [4.69, 9.17) is 14.2 Å². The number of carbonyl (C=O) groups excluding carboxylic acids is 3. The van der Waals surface area contributed by atoms with Gasteiger partial charge in [0.25, 0.3) is 5.91 Å². The highest BCUT2D eigenvalue weighted by Gasteiger charge is 2.12. The SMILES string of the molecule is COc1cc(C(C)=O)ccc1OCC(=O)OCC(=O)NCCC1=CCCCC1. The predicted molar refractivity (Wildman–Crippen MR) is 104 cm³/mol. The number of esters is 1. The highest BCUT2D eigenvalue weighted by atomic mass is 16.6. The number of ketones is 1. The summed E-state index contributed by atoms with van der Waals surface area (Å²) in [7, 11) is 1.44. The maximum Gasteiger partial charge on any atom is 0.344 e. The lowest BCUT2D eigenvalue weighted by Gasteiger charge is -2.13. The van der Waals surface area contributed by atoms with Gasteiger partial charge in [0, 0.05) is 12.1 Å². The van der Waals surface area contributed by atoms with Crippen molar-refractivity contribution in [2.45, 2.75) is 39.0 Å². The third-order valence-corrected chi connectivity index (χ3v) is 4.43. The van der Waals surface area contributed by atoms with Gasteiger partial charge in [0.15, 0.2) is 30.5 Å². The average molecular weight is 389 g/mol. The first kappa shape index (κ1) is 21.5. The van der Waals surface area contributed by atoms with Crippen LogP contribution in [0.2, 0.25) is 0 Å². The van der Waals surface area contributed by atoms with Gasteiger partial charge < -0.3 is 19.5 Å². The summed E-state index contributed by atoms with van der Waals surface area (Å²) in [4.78, 5) is 34.9. The summed E-state index contributed by atoms with van der Waals surface area (Å²) in [5, 5.41) is 2.74. The first-order valence-corrected chi connectivity index (χ1v) is 9.41. The molecule has 0 radical (unpaired) electrons. The van der Waals surface area contributed by atoms with Gasteiger partial charge in [-0.1, -0.05) is 11.6 Å². The fourth-order valence-corrected chi connectivity index (χ4v) is 2.88. The zero-order valence-electron chi connectivity index (χ0n) is 16.4. The van der Waals surface area contributed by atoms with Gasteiger partial charge in [-0.05, 0) is 57.2 Å². The van der Waals surface area contributed by atoms with Gasteiger partial charge in [0.2, 0.25) is 0 Å². The number of methoxy groups -OCH3 is 1. The van der Waals surface area contributed by atoms with E-state index in [9.17, 15) is 14.4 Å². The normalized spacial score (nSPS) is 13.3. The van der Waals surface area contributed by atoms with Crippen LogP contribution in [-0.2, 0) is 14.3 Å². The molecule has 1 N–H and O–H groups in total. The van der Waals surface area contributed by atoms with Crippen molar-refractivity contribution in [2.24, 2.45) is 0 Å². The van der Waals surface area contributed by atoms with E-state index in [0.29, 0.717) is 23.6 Å². The maximum absolute atomic E-state index is 11.8. The molecular formula is C21H27NO6. The Balaban J connectivity index is 1.68. The van der Waals surface area contributed by atoms with Gasteiger partial charge >= 0.3 is 5.97 Å². The maximum atomic E-state index is 11.8. The molecule has 7 heteroatoms. The summed E-state index contributed by atoms with van der Waals surface area (Å²) in [6.45, 7) is 1.28. The number of Topliss-reactive ketones (excluding diaryl/α,β-unsaturated/α-hetero) is 1. The van der Waals surface area contributed by atoms with Crippen LogP contribution in [0.3, 0.4) is 0 Å². The van der Waals surface area contributed by atoms with Crippen LogP contribution < -0.4 is 14.8 Å². The van der Waals surface area contributed by atoms with Crippen LogP contribution in [0.25, 0.3) is 0 Å². The van der Waals surface area contributed by atoms with Gasteiger partial charge in [0.1, 0.15) is 0 Å². The van der Waals surface area contributed by atoms with Gasteiger partial charge in [-0.15, -0.1) is 0 Å². The van der Waals surface area contributed by atoms with Crippen LogP contribution in [0.5, 0.6) is 11.5 Å². The van der Waals surface area contributed by atoms with Gasteiger partial charge in [-0.25, -0.2) is 4.79 Å². The van der Waals surface area contributed by atoms with E-state index in [1.54, 1.807) is 12.1 Å². The molecule has 0 fully saturated rings. The molecular weight excluding hydrogens is 362 g/mol. The number of hydrogen-bond acceptors (Lipinski definition) is 6. The minimum absolute atomic E-state index is 0.102. The Morgan fingerprint density at radius 1 is 1.11 bits per heavy atom. The number of benzene rings is 1. The molecule has 0 bridgehead atoms. The van der Waals surface area contributed by atoms with Crippen molar-refractivity contribution >= 4 is 17.7 Å². The molecule has 0 heterocycles. The summed E-state index contributed by atoms with van der Waals surface area (Å²) in [6, 6.07) is 4.68. The minimum atomic E-state index is -0.664. The molecule has 1 aliphatic carbocycles. The average Bonchev–Trinajstić information content (AvgIpc) is 2.71. The van der Waals surface area contributed by atoms with Gasteiger partial charge in [0.05, 0.1) is 7.11 Å². The molecule has 152 valence electrons. The van der Waals surface area contributed by atoms with E-state index in [1.165, 1.54) is 38.5 Å². The Morgan fingerprint density at radius 3 is 2.61 bits per heavy atom. The molecule has 0 spiro atoms. The molecule has 0 aliphatic heterocycles. The summed E-state index contributed by atoms with van der Waals surface area (Å²) < 4.78 is 15.4. The fraction of sp³-hybridized carbons (Fsp3) is 0.476. The first-order valence-electron chi connectivity index (χ1n) is 9.41. The van der Waals surface area contributed by atoms with Crippen molar-refractivity contribution in [3.63, 3.8) is 0 Å². The smallest absolute Gasteiger partial charge is 0.344 e. The Bertz CT molecular complexity index is 740. The number of ether oxygens (including phenoxy) is 3. The third-order valence-electron chi connectivity index (χ3n) is 4.43. The zero-order valence-corrected chi connectivity index (χ0v) is 16.4. The number of allylic oxidation sites excluding steroid dienone is 1. The third kappa shape index (κ3) is 7.06. The Kier molecular flexibility index (Phi) is 8.52. The second kappa shape index (κ2) is 11.1. The zero-order chi connectivity index (χ0) is 20.4. The monoisotopic (exact) mass is 389 g/mol. The van der Waals surface area contributed by atoms with Crippen LogP contribution >= 0.6 is 0 Å². The molecule has 2 rings (SSSR count). The number of carbonyl (C=O) groups is 3. The van der Waals surface area contributed by atoms with Crippen molar-refractivity contribution < 1.29 is 28.6 Å². The van der Waals surface area contributed by atoms with E-state index in [0.717, 1.165) is 19.3 Å². The Labute approximate surface area is 165 Å². The van der Waals surface area contributed by atoms with Crippen molar-refractivity contribution in [1.29, 1.82) is 0 Å². The highest BCUT2D eigenvalue weighted by Crippen LogP contribution is 2.28. The van der Waals surface area contributed by atoms with E-state index >= 15 is 0 Å². The van der Waals surface area contributed by atoms with Crippen LogP contribution in [0, 0.1) is 0 Å². The van der Waals surface area contributed by atoms with Gasteiger partial charge in [-0.3, -0.25) is 9.59 Å². The topological polar surface area (TPSA) is 90.9 Å². The lowest BCUT2D eigenvalue weighted by molar-refractivity contribution is -0.150. The number of hydrogen-bond donors (Lipinski definition) is 1. The molecule has 0 atom stereocenters. The molecule has 1 aromatic rings. The van der Waals surface area contributed by atoms with Crippen molar-refractivity contribution in [2.75, 3.05) is 26.9 Å². The minimum Gasteiger partial charge on any atom is -0.493 e. The fourth-order valence-electron chi connectivity index (χ4n) is 2.88. The van der Waals surface area contributed by atoms with E-state index in [1.807, 2.05) is 0 Å². The number of nitrogens with one attached hydrogen (secondary N) is 1. The summed E-state index contributed by atoms with van der Waals surface area (Å²) in [6.07, 6.45) is 7.73. The van der Waals surface area contributed by atoms with Crippen molar-refractivity contribution in [3.8, 4) is 11.5 Å². The van der Waals surface area contributed by atoms with Crippen LogP contribution in [0.15, 0.2) is 29.8 Å². The lowest BCUT2D eigenvalue weighted by atomic mass is 9.97.